The molecule has 9 heteroatoms. The van der Waals surface area contributed by atoms with Crippen LogP contribution in [0.5, 0.6) is 0 Å². The summed E-state index contributed by atoms with van der Waals surface area (Å²) in [7, 11) is -1.79. The Hall–Kier alpha value is -2.02. The second-order valence-corrected chi connectivity index (χ2v) is 7.53. The van der Waals surface area contributed by atoms with Crippen LogP contribution in [0, 0.1) is 18.3 Å². The van der Waals surface area contributed by atoms with Gasteiger partial charge in [-0.05, 0) is 13.0 Å². The van der Waals surface area contributed by atoms with Crippen molar-refractivity contribution in [3.63, 3.8) is 0 Å². The van der Waals surface area contributed by atoms with Crippen LogP contribution in [0.4, 0.5) is 0 Å². The average Bonchev–Trinajstić information content (AvgIpc) is 2.82. The van der Waals surface area contributed by atoms with Gasteiger partial charge in [0.05, 0.1) is 18.3 Å². The Labute approximate surface area is 135 Å². The molecule has 0 N–H and O–H groups in total. The summed E-state index contributed by atoms with van der Waals surface area (Å²) in [5.41, 5.74) is 1.42. The lowest BCUT2D eigenvalue weighted by Gasteiger charge is -2.32. The monoisotopic (exact) mass is 334 g/mol. The van der Waals surface area contributed by atoms with E-state index in [1.165, 1.54) is 10.5 Å². The van der Waals surface area contributed by atoms with Crippen LogP contribution >= 0.6 is 0 Å². The minimum Gasteiger partial charge on any atom is -0.288 e. The fourth-order valence-electron chi connectivity index (χ4n) is 2.81. The van der Waals surface area contributed by atoms with Gasteiger partial charge in [0.2, 0.25) is 10.0 Å². The molecule has 1 saturated heterocycles. The molecular weight excluding hydrogens is 316 g/mol. The van der Waals surface area contributed by atoms with Gasteiger partial charge in [-0.3, -0.25) is 9.58 Å². The molecule has 3 rings (SSSR count). The van der Waals surface area contributed by atoms with Crippen LogP contribution in [0.15, 0.2) is 17.2 Å². The highest BCUT2D eigenvalue weighted by molar-refractivity contribution is 7.89. The molecule has 0 radical (unpaired) electrons. The molecule has 2 aromatic heterocycles. The quantitative estimate of drug-likeness (QED) is 0.739. The Morgan fingerprint density at radius 3 is 2.65 bits per heavy atom. The van der Waals surface area contributed by atoms with Crippen LogP contribution in [-0.4, -0.2) is 65.1 Å². The second-order valence-electron chi connectivity index (χ2n) is 5.59. The van der Waals surface area contributed by atoms with Gasteiger partial charge in [0.25, 0.3) is 0 Å². The topological polar surface area (TPSA) is 95.1 Å². The summed E-state index contributed by atoms with van der Waals surface area (Å²) in [4.78, 5) is 6.38. The lowest BCUT2D eigenvalue weighted by atomic mass is 10.3. The molecule has 0 spiro atoms. The van der Waals surface area contributed by atoms with Gasteiger partial charge < -0.3 is 0 Å². The molecule has 1 aliphatic rings. The molecule has 0 saturated carbocycles. The van der Waals surface area contributed by atoms with Gasteiger partial charge >= 0.3 is 0 Å². The van der Waals surface area contributed by atoms with Crippen LogP contribution in [-0.2, 0) is 17.1 Å². The Kier molecular flexibility index (Phi) is 4.06. The maximum atomic E-state index is 12.8. The molecule has 3 heterocycles. The lowest BCUT2D eigenvalue weighted by molar-refractivity contribution is 0.206. The number of hydrogen-bond donors (Lipinski definition) is 0. The van der Waals surface area contributed by atoms with Crippen molar-refractivity contribution in [1.29, 1.82) is 5.26 Å². The molecule has 2 aromatic rings. The van der Waals surface area contributed by atoms with E-state index < -0.39 is 10.0 Å². The second kappa shape index (κ2) is 5.88. The van der Waals surface area contributed by atoms with Gasteiger partial charge in [0.1, 0.15) is 4.90 Å². The van der Waals surface area contributed by atoms with E-state index in [4.69, 9.17) is 5.26 Å². The summed E-state index contributed by atoms with van der Waals surface area (Å²) < 4.78 is 28.7. The maximum Gasteiger partial charge on any atom is 0.244 e. The summed E-state index contributed by atoms with van der Waals surface area (Å²) in [6, 6.07) is 3.73. The molecule has 1 fully saturated rings. The zero-order chi connectivity index (χ0) is 16.6. The van der Waals surface area contributed by atoms with Crippen LogP contribution < -0.4 is 0 Å². The zero-order valence-corrected chi connectivity index (χ0v) is 13.9. The summed E-state index contributed by atoms with van der Waals surface area (Å²) in [5, 5.41) is 13.7. The van der Waals surface area contributed by atoms with Crippen molar-refractivity contribution in [3.8, 4) is 6.07 Å². The largest absolute Gasteiger partial charge is 0.288 e. The fraction of sp³-hybridized carbons (Fsp3) is 0.500. The van der Waals surface area contributed by atoms with Crippen molar-refractivity contribution in [2.24, 2.45) is 7.05 Å². The van der Waals surface area contributed by atoms with Gasteiger partial charge in [0, 0.05) is 44.8 Å². The van der Waals surface area contributed by atoms with E-state index in [-0.39, 0.29) is 4.90 Å². The summed E-state index contributed by atoms with van der Waals surface area (Å²) in [5.74, 6) is 0. The number of rotatable bonds is 3. The van der Waals surface area contributed by atoms with E-state index in [1.807, 2.05) is 11.8 Å². The maximum absolute atomic E-state index is 12.8. The van der Waals surface area contributed by atoms with Crippen molar-refractivity contribution in [3.05, 3.63) is 18.0 Å². The number of sulfonamides is 1. The number of aryl methyl sites for hydroxylation is 2. The average molecular weight is 334 g/mol. The van der Waals surface area contributed by atoms with Crippen molar-refractivity contribution >= 4 is 21.1 Å². The number of pyridine rings is 1. The van der Waals surface area contributed by atoms with E-state index in [0.29, 0.717) is 38.4 Å². The normalized spacial score (nSPS) is 17.4. The van der Waals surface area contributed by atoms with E-state index in [1.54, 1.807) is 17.8 Å². The molecule has 1 aliphatic heterocycles. The highest BCUT2D eigenvalue weighted by Gasteiger charge is 2.29. The molecule has 0 amide bonds. The number of aromatic nitrogens is 3. The van der Waals surface area contributed by atoms with Gasteiger partial charge in [-0.15, -0.1) is 0 Å². The predicted molar refractivity (Wildman–Crippen MR) is 84.1 cm³/mol. The molecule has 122 valence electrons. The number of nitriles is 1. The fourth-order valence-corrected chi connectivity index (χ4v) is 4.20. The van der Waals surface area contributed by atoms with Crippen LogP contribution in [0.1, 0.15) is 5.69 Å². The molecule has 0 unspecified atom stereocenters. The smallest absolute Gasteiger partial charge is 0.244 e. The highest BCUT2D eigenvalue weighted by Crippen LogP contribution is 2.22. The first-order valence-corrected chi connectivity index (χ1v) is 8.76. The zero-order valence-electron chi connectivity index (χ0n) is 13.1. The number of piperazine rings is 1. The Bertz CT molecular complexity index is 875. The minimum absolute atomic E-state index is 0.190. The standard InChI is InChI=1S/C14H18N6O2S/c1-11-13-9-12(10-16-14(13)18(2)17-11)23(21,22)20-7-5-19(4-3-15)6-8-20/h9-10H,4-8H2,1-2H3. The first-order valence-electron chi connectivity index (χ1n) is 7.32. The number of hydrogen-bond acceptors (Lipinski definition) is 6. The Morgan fingerprint density at radius 1 is 1.30 bits per heavy atom. The summed E-state index contributed by atoms with van der Waals surface area (Å²) in [6.07, 6.45) is 1.39. The third-order valence-corrected chi connectivity index (χ3v) is 5.97. The van der Waals surface area contributed by atoms with Gasteiger partial charge in [0.15, 0.2) is 5.65 Å². The summed E-state index contributed by atoms with van der Waals surface area (Å²) >= 11 is 0. The Morgan fingerprint density at radius 2 is 2.00 bits per heavy atom. The molecule has 0 bridgehead atoms. The van der Waals surface area contributed by atoms with E-state index >= 15 is 0 Å². The number of fused-ring (bicyclic) bond motifs is 1. The Balaban J connectivity index is 1.89. The minimum atomic E-state index is -3.58. The van der Waals surface area contributed by atoms with E-state index in [9.17, 15) is 8.42 Å². The van der Waals surface area contributed by atoms with Crippen molar-refractivity contribution in [2.75, 3.05) is 32.7 Å². The van der Waals surface area contributed by atoms with Gasteiger partial charge in [-0.2, -0.15) is 14.7 Å². The first kappa shape index (κ1) is 15.9. The van der Waals surface area contributed by atoms with E-state index in [0.717, 1.165) is 11.1 Å². The highest BCUT2D eigenvalue weighted by atomic mass is 32.2. The SMILES string of the molecule is Cc1nn(C)c2ncc(S(=O)(=O)N3CCN(CC#N)CC3)cc12. The van der Waals surface area contributed by atoms with Crippen LogP contribution in [0.3, 0.4) is 0 Å². The summed E-state index contributed by atoms with van der Waals surface area (Å²) in [6.45, 7) is 4.06. The molecular formula is C14H18N6O2S. The van der Waals surface area contributed by atoms with Crippen LogP contribution in [0.25, 0.3) is 11.0 Å². The third kappa shape index (κ3) is 2.81. The lowest BCUT2D eigenvalue weighted by Crippen LogP contribution is -2.48. The van der Waals surface area contributed by atoms with Gasteiger partial charge in [-0.1, -0.05) is 0 Å². The molecule has 8 nitrogen and oxygen atoms in total. The van der Waals surface area contributed by atoms with Crippen molar-refractivity contribution in [2.45, 2.75) is 11.8 Å². The van der Waals surface area contributed by atoms with Crippen LogP contribution in [0.2, 0.25) is 0 Å². The third-order valence-electron chi connectivity index (χ3n) is 4.10. The molecule has 0 atom stereocenters. The van der Waals surface area contributed by atoms with Gasteiger partial charge in [-0.25, -0.2) is 13.4 Å². The molecule has 0 aliphatic carbocycles. The number of nitrogens with zero attached hydrogens (tertiary/aromatic N) is 6. The predicted octanol–water partition coefficient (Wildman–Crippen LogP) is 0.107. The first-order chi connectivity index (χ1) is 10.9. The van der Waals surface area contributed by atoms with Crippen molar-refractivity contribution in [1.82, 2.24) is 24.0 Å². The van der Waals surface area contributed by atoms with Crippen molar-refractivity contribution < 1.29 is 8.42 Å². The molecule has 0 aromatic carbocycles. The molecule has 23 heavy (non-hydrogen) atoms. The van der Waals surface area contributed by atoms with E-state index in [2.05, 4.69) is 16.2 Å².